The third-order valence-corrected chi connectivity index (χ3v) is 7.32. The van der Waals surface area contributed by atoms with Crippen molar-refractivity contribution in [2.75, 3.05) is 0 Å². The molecule has 0 atom stereocenters. The molecule has 1 heterocycles. The lowest BCUT2D eigenvalue weighted by atomic mass is 9.75. The van der Waals surface area contributed by atoms with Crippen LogP contribution in [0.15, 0.2) is 0 Å². The van der Waals surface area contributed by atoms with Crippen molar-refractivity contribution in [3.05, 3.63) is 67.3 Å². The van der Waals surface area contributed by atoms with Gasteiger partial charge in [-0.3, -0.25) is 0 Å². The average molecular weight is 387 g/mol. The summed E-state index contributed by atoms with van der Waals surface area (Å²) >= 11 is 0. The van der Waals surface area contributed by atoms with Crippen LogP contribution in [0.2, 0.25) is 0 Å². The molecule has 1 aliphatic rings. The highest BCUT2D eigenvalue weighted by molar-refractivity contribution is 5.97. The first-order chi connectivity index (χ1) is 13.4. The van der Waals surface area contributed by atoms with Gasteiger partial charge in [0.25, 0.3) is 0 Å². The fourth-order valence-corrected chi connectivity index (χ4v) is 5.43. The van der Waals surface area contributed by atoms with E-state index in [4.69, 9.17) is 9.97 Å². The van der Waals surface area contributed by atoms with Gasteiger partial charge in [0, 0.05) is 23.8 Å². The smallest absolute Gasteiger partial charge is 0.125 e. The monoisotopic (exact) mass is 386 g/mol. The number of benzene rings is 2. The second-order valence-corrected chi connectivity index (χ2v) is 10.1. The standard InChI is InChI=1S/C27H34N2/c1-13-14(2)16(4)25-18(6)21-12-23-22(11-20(21)17(5)24(25)15(13)3)26(27(8,9)10)29-19(7)28-23/h11-12H2,1-10H3. The molecule has 0 amide bonds. The van der Waals surface area contributed by atoms with E-state index >= 15 is 0 Å². The van der Waals surface area contributed by atoms with E-state index in [0.717, 1.165) is 18.7 Å². The summed E-state index contributed by atoms with van der Waals surface area (Å²) in [6.45, 7) is 22.6. The predicted molar refractivity (Wildman–Crippen MR) is 123 cm³/mol. The second kappa shape index (κ2) is 6.39. The van der Waals surface area contributed by atoms with Crippen LogP contribution in [0.4, 0.5) is 0 Å². The first kappa shape index (κ1) is 20.1. The van der Waals surface area contributed by atoms with E-state index in [1.165, 1.54) is 72.2 Å². The fraction of sp³-hybridized carbons (Fsp3) is 0.481. The van der Waals surface area contributed by atoms with Crippen molar-refractivity contribution in [3.8, 4) is 0 Å². The van der Waals surface area contributed by atoms with Crippen LogP contribution in [-0.2, 0) is 18.3 Å². The van der Waals surface area contributed by atoms with Crippen LogP contribution in [0.25, 0.3) is 10.8 Å². The van der Waals surface area contributed by atoms with Crippen molar-refractivity contribution < 1.29 is 0 Å². The summed E-state index contributed by atoms with van der Waals surface area (Å²) in [5.74, 6) is 0.894. The summed E-state index contributed by atoms with van der Waals surface area (Å²) in [5, 5.41) is 2.93. The number of aryl methyl sites for hydroxylation is 5. The van der Waals surface area contributed by atoms with Crippen LogP contribution in [0.3, 0.4) is 0 Å². The molecule has 0 saturated heterocycles. The van der Waals surface area contributed by atoms with Gasteiger partial charge in [0.15, 0.2) is 0 Å². The van der Waals surface area contributed by atoms with Crippen molar-refractivity contribution >= 4 is 10.8 Å². The number of nitrogens with zero attached hydrogens (tertiary/aromatic N) is 2. The zero-order valence-corrected chi connectivity index (χ0v) is 19.8. The summed E-state index contributed by atoms with van der Waals surface area (Å²) in [5.41, 5.74) is 15.5. The van der Waals surface area contributed by atoms with E-state index in [9.17, 15) is 0 Å². The lowest BCUT2D eigenvalue weighted by Crippen LogP contribution is -2.24. The Bertz CT molecular complexity index is 1190. The van der Waals surface area contributed by atoms with Crippen LogP contribution >= 0.6 is 0 Å². The van der Waals surface area contributed by atoms with Crippen LogP contribution < -0.4 is 0 Å². The van der Waals surface area contributed by atoms with Crippen LogP contribution in [0, 0.1) is 48.5 Å². The molecule has 0 spiro atoms. The Labute approximate surface area is 175 Å². The molecule has 2 heteroatoms. The van der Waals surface area contributed by atoms with Crippen molar-refractivity contribution in [1.29, 1.82) is 0 Å². The maximum absolute atomic E-state index is 4.90. The lowest BCUT2D eigenvalue weighted by molar-refractivity contribution is 0.552. The Balaban J connectivity index is 2.08. The molecule has 3 aromatic rings. The van der Waals surface area contributed by atoms with Gasteiger partial charge in [-0.25, -0.2) is 9.97 Å². The molecule has 1 aliphatic carbocycles. The molecule has 0 bridgehead atoms. The zero-order chi connectivity index (χ0) is 21.4. The SMILES string of the molecule is Cc1nc2c(c(C(C)(C)C)n1)Cc1c(c(C)c3c(C)c(C)c(C)c(C)c3c1C)C2. The molecular weight excluding hydrogens is 352 g/mol. The molecule has 2 aromatic carbocycles. The molecule has 4 rings (SSSR count). The highest BCUT2D eigenvalue weighted by atomic mass is 14.9. The molecule has 0 aliphatic heterocycles. The van der Waals surface area contributed by atoms with Gasteiger partial charge in [0.05, 0.1) is 11.4 Å². The van der Waals surface area contributed by atoms with Gasteiger partial charge < -0.3 is 0 Å². The molecule has 0 saturated carbocycles. The minimum absolute atomic E-state index is 0.0231. The summed E-state index contributed by atoms with van der Waals surface area (Å²) in [6.07, 6.45) is 1.87. The first-order valence-corrected chi connectivity index (χ1v) is 10.8. The van der Waals surface area contributed by atoms with E-state index in [2.05, 4.69) is 62.3 Å². The highest BCUT2D eigenvalue weighted by Crippen LogP contribution is 2.42. The van der Waals surface area contributed by atoms with E-state index in [1.807, 2.05) is 6.92 Å². The molecule has 29 heavy (non-hydrogen) atoms. The lowest BCUT2D eigenvalue weighted by Gasteiger charge is -2.31. The van der Waals surface area contributed by atoms with Gasteiger partial charge in [-0.15, -0.1) is 0 Å². The van der Waals surface area contributed by atoms with E-state index < -0.39 is 0 Å². The van der Waals surface area contributed by atoms with E-state index in [0.29, 0.717) is 0 Å². The van der Waals surface area contributed by atoms with Gasteiger partial charge in [-0.05, 0) is 104 Å². The predicted octanol–water partition coefficient (Wildman–Crippen LogP) is 6.58. The summed E-state index contributed by atoms with van der Waals surface area (Å²) in [7, 11) is 0. The van der Waals surface area contributed by atoms with Gasteiger partial charge in [0.2, 0.25) is 0 Å². The van der Waals surface area contributed by atoms with Crippen molar-refractivity contribution in [3.63, 3.8) is 0 Å². The zero-order valence-electron chi connectivity index (χ0n) is 19.8. The summed E-state index contributed by atoms with van der Waals surface area (Å²) < 4.78 is 0. The minimum Gasteiger partial charge on any atom is -0.238 e. The molecular formula is C27H34N2. The van der Waals surface area contributed by atoms with E-state index in [1.54, 1.807) is 0 Å². The molecule has 1 aromatic heterocycles. The first-order valence-electron chi connectivity index (χ1n) is 10.8. The second-order valence-electron chi connectivity index (χ2n) is 10.1. The van der Waals surface area contributed by atoms with Crippen LogP contribution in [-0.4, -0.2) is 9.97 Å². The minimum atomic E-state index is 0.0231. The maximum atomic E-state index is 4.90. The molecule has 0 fully saturated rings. The Kier molecular flexibility index (Phi) is 4.42. The van der Waals surface area contributed by atoms with Crippen LogP contribution in [0.1, 0.15) is 88.1 Å². The number of aromatic nitrogens is 2. The van der Waals surface area contributed by atoms with Crippen molar-refractivity contribution in [1.82, 2.24) is 9.97 Å². The molecule has 2 nitrogen and oxygen atoms in total. The summed E-state index contributed by atoms with van der Waals surface area (Å²) in [6, 6.07) is 0. The Hall–Kier alpha value is -2.22. The van der Waals surface area contributed by atoms with E-state index in [-0.39, 0.29) is 5.41 Å². The van der Waals surface area contributed by atoms with Crippen molar-refractivity contribution in [2.24, 2.45) is 0 Å². The van der Waals surface area contributed by atoms with Gasteiger partial charge in [-0.2, -0.15) is 0 Å². The highest BCUT2D eigenvalue weighted by Gasteiger charge is 2.30. The quantitative estimate of drug-likeness (QED) is 0.341. The largest absolute Gasteiger partial charge is 0.238 e. The van der Waals surface area contributed by atoms with Crippen LogP contribution in [0.5, 0.6) is 0 Å². The van der Waals surface area contributed by atoms with Gasteiger partial charge in [0.1, 0.15) is 5.82 Å². The van der Waals surface area contributed by atoms with Crippen molar-refractivity contribution in [2.45, 2.75) is 87.5 Å². The Morgan fingerprint density at radius 3 is 1.52 bits per heavy atom. The van der Waals surface area contributed by atoms with Gasteiger partial charge >= 0.3 is 0 Å². The fourth-order valence-electron chi connectivity index (χ4n) is 5.43. The van der Waals surface area contributed by atoms with Gasteiger partial charge in [-0.1, -0.05) is 20.8 Å². The molecule has 0 N–H and O–H groups in total. The molecule has 0 radical (unpaired) electrons. The Morgan fingerprint density at radius 1 is 0.552 bits per heavy atom. The third kappa shape index (κ3) is 2.83. The topological polar surface area (TPSA) is 25.8 Å². The summed E-state index contributed by atoms with van der Waals surface area (Å²) in [4.78, 5) is 9.79. The molecule has 152 valence electrons. The maximum Gasteiger partial charge on any atom is 0.125 e. The normalized spacial score (nSPS) is 13.6. The third-order valence-electron chi connectivity index (χ3n) is 7.32. The number of hydrogen-bond donors (Lipinski definition) is 0. The number of fused-ring (bicyclic) bond motifs is 3. The number of rotatable bonds is 0. The molecule has 0 unspecified atom stereocenters. The average Bonchev–Trinajstić information content (AvgIpc) is 2.64. The number of hydrogen-bond acceptors (Lipinski definition) is 2. The Morgan fingerprint density at radius 2 is 1.03 bits per heavy atom.